The van der Waals surface area contributed by atoms with Gasteiger partial charge in [0.05, 0.1) is 24.4 Å². The van der Waals surface area contributed by atoms with Gasteiger partial charge in [0.15, 0.2) is 0 Å². The summed E-state index contributed by atoms with van der Waals surface area (Å²) in [6.07, 6.45) is 0. The Bertz CT molecular complexity index is 803. The fourth-order valence-corrected chi connectivity index (χ4v) is 5.11. The number of nitro benzene ring substituents is 1. The van der Waals surface area contributed by atoms with Gasteiger partial charge in [-0.25, -0.2) is 8.42 Å². The lowest BCUT2D eigenvalue weighted by Crippen LogP contribution is -2.11. The summed E-state index contributed by atoms with van der Waals surface area (Å²) in [7, 11) is -3.87. The summed E-state index contributed by atoms with van der Waals surface area (Å²) >= 11 is 15.7. The first-order chi connectivity index (χ1) is 9.70. The fraction of sp³-hybridized carbons (Fsp3) is 0. The number of hydrogen-bond donors (Lipinski definition) is 1. The highest BCUT2D eigenvalue weighted by atomic mass is 79.9. The molecule has 0 unspecified atom stereocenters. The predicted molar refractivity (Wildman–Crippen MR) is 85.9 cm³/mol. The van der Waals surface area contributed by atoms with Gasteiger partial charge in [-0.1, -0.05) is 23.2 Å². The number of nitrogens with one attached hydrogen (secondary N) is 1. The van der Waals surface area contributed by atoms with Gasteiger partial charge in [0.1, 0.15) is 4.21 Å². The van der Waals surface area contributed by atoms with E-state index < -0.39 is 14.9 Å². The van der Waals surface area contributed by atoms with Crippen molar-refractivity contribution >= 4 is 71.9 Å². The van der Waals surface area contributed by atoms with E-state index in [2.05, 4.69) is 20.7 Å². The molecule has 1 aromatic carbocycles. The first-order valence-corrected chi connectivity index (χ1v) is 8.97. The molecule has 0 aliphatic carbocycles. The Morgan fingerprint density at radius 1 is 1.24 bits per heavy atom. The highest BCUT2D eigenvalue weighted by Gasteiger charge is 2.21. The molecule has 0 aliphatic rings. The highest BCUT2D eigenvalue weighted by molar-refractivity contribution is 9.11. The highest BCUT2D eigenvalue weighted by Crippen LogP contribution is 2.36. The normalized spacial score (nSPS) is 11.4. The Kier molecular flexibility index (Phi) is 4.79. The lowest BCUT2D eigenvalue weighted by atomic mass is 10.3. The smallest absolute Gasteiger partial charge is 0.271 e. The zero-order chi connectivity index (χ0) is 15.8. The number of benzene rings is 1. The van der Waals surface area contributed by atoms with E-state index >= 15 is 0 Å². The topological polar surface area (TPSA) is 89.3 Å². The molecule has 0 fully saturated rings. The zero-order valence-corrected chi connectivity index (χ0v) is 14.6. The SMILES string of the molecule is O=[N+]([O-])c1ccc(NS(=O)(=O)c2cc(Cl)c(Br)s2)c(Cl)c1. The number of nitro groups is 1. The van der Waals surface area contributed by atoms with Gasteiger partial charge in [-0.15, -0.1) is 11.3 Å². The monoisotopic (exact) mass is 430 g/mol. The fourth-order valence-electron chi connectivity index (χ4n) is 1.35. The van der Waals surface area contributed by atoms with Gasteiger partial charge in [-0.2, -0.15) is 0 Å². The van der Waals surface area contributed by atoms with Crippen molar-refractivity contribution in [2.45, 2.75) is 4.21 Å². The molecule has 0 radical (unpaired) electrons. The average Bonchev–Trinajstić information content (AvgIpc) is 2.72. The van der Waals surface area contributed by atoms with Crippen molar-refractivity contribution in [1.82, 2.24) is 0 Å². The largest absolute Gasteiger partial charge is 0.277 e. The lowest BCUT2D eigenvalue weighted by molar-refractivity contribution is -0.384. The van der Waals surface area contributed by atoms with Gasteiger partial charge in [0.2, 0.25) is 0 Å². The van der Waals surface area contributed by atoms with E-state index in [1.54, 1.807) is 0 Å². The van der Waals surface area contributed by atoms with Crippen LogP contribution in [-0.4, -0.2) is 13.3 Å². The van der Waals surface area contributed by atoms with E-state index in [1.807, 2.05) is 0 Å². The summed E-state index contributed by atoms with van der Waals surface area (Å²) in [6, 6.07) is 4.73. The van der Waals surface area contributed by atoms with Crippen molar-refractivity contribution in [3.63, 3.8) is 0 Å². The minimum Gasteiger partial charge on any atom is -0.277 e. The van der Waals surface area contributed by atoms with Crippen LogP contribution in [0, 0.1) is 10.1 Å². The third-order valence-electron chi connectivity index (χ3n) is 2.30. The van der Waals surface area contributed by atoms with Crippen molar-refractivity contribution in [3.8, 4) is 0 Å². The van der Waals surface area contributed by atoms with Crippen molar-refractivity contribution in [2.75, 3.05) is 4.72 Å². The van der Waals surface area contributed by atoms with Crippen molar-refractivity contribution < 1.29 is 13.3 Å². The molecule has 1 heterocycles. The van der Waals surface area contributed by atoms with E-state index in [4.69, 9.17) is 23.2 Å². The molecule has 2 aromatic rings. The van der Waals surface area contributed by atoms with Crippen LogP contribution in [0.1, 0.15) is 0 Å². The summed E-state index contributed by atoms with van der Waals surface area (Å²) in [4.78, 5) is 9.98. The van der Waals surface area contributed by atoms with E-state index in [-0.39, 0.29) is 25.6 Å². The van der Waals surface area contributed by atoms with Crippen LogP contribution in [0.5, 0.6) is 0 Å². The van der Waals surface area contributed by atoms with Crippen LogP contribution in [-0.2, 0) is 10.0 Å². The first-order valence-electron chi connectivity index (χ1n) is 5.12. The Morgan fingerprint density at radius 3 is 2.38 bits per heavy atom. The Morgan fingerprint density at radius 2 is 1.90 bits per heavy atom. The number of nitrogens with zero attached hydrogens (tertiary/aromatic N) is 1. The molecule has 0 spiro atoms. The van der Waals surface area contributed by atoms with Crippen LogP contribution in [0.4, 0.5) is 11.4 Å². The van der Waals surface area contributed by atoms with Crippen LogP contribution >= 0.6 is 50.5 Å². The van der Waals surface area contributed by atoms with E-state index in [9.17, 15) is 18.5 Å². The summed E-state index contributed by atoms with van der Waals surface area (Å²) < 4.78 is 27.1. The number of non-ortho nitro benzene ring substituents is 1. The minimum absolute atomic E-state index is 0.00575. The quantitative estimate of drug-likeness (QED) is 0.568. The van der Waals surface area contributed by atoms with E-state index in [0.29, 0.717) is 3.79 Å². The van der Waals surface area contributed by atoms with Gasteiger partial charge >= 0.3 is 0 Å². The van der Waals surface area contributed by atoms with Crippen LogP contribution in [0.2, 0.25) is 10.0 Å². The first kappa shape index (κ1) is 16.5. The van der Waals surface area contributed by atoms with Crippen molar-refractivity contribution in [3.05, 3.63) is 48.2 Å². The number of anilines is 1. The maximum absolute atomic E-state index is 12.2. The molecule has 21 heavy (non-hydrogen) atoms. The molecule has 2 rings (SSSR count). The molecule has 0 atom stereocenters. The molecule has 0 aliphatic heterocycles. The maximum atomic E-state index is 12.2. The second-order valence-corrected chi connectivity index (χ2v) is 8.81. The number of sulfonamides is 1. The molecule has 1 aromatic heterocycles. The molecular formula is C10H5BrCl2N2O4S2. The predicted octanol–water partition coefficient (Wildman–Crippen LogP) is 4.53. The standard InChI is InChI=1S/C10H5BrCl2N2O4S2/c11-10-7(13)4-9(20-10)21(18,19)14-8-2-1-5(15(16)17)3-6(8)12/h1-4,14H. The molecule has 0 bridgehead atoms. The summed E-state index contributed by atoms with van der Waals surface area (Å²) in [6.45, 7) is 0. The minimum atomic E-state index is -3.87. The van der Waals surface area contributed by atoms with Crippen LogP contribution < -0.4 is 4.72 Å². The molecular weight excluding hydrogens is 427 g/mol. The van der Waals surface area contributed by atoms with Crippen LogP contribution in [0.15, 0.2) is 32.3 Å². The zero-order valence-electron chi connectivity index (χ0n) is 9.84. The molecule has 112 valence electrons. The molecule has 1 N–H and O–H groups in total. The molecule has 6 nitrogen and oxygen atoms in total. The second kappa shape index (κ2) is 6.09. The third kappa shape index (κ3) is 3.67. The molecule has 0 saturated heterocycles. The van der Waals surface area contributed by atoms with Gasteiger partial charge in [0.25, 0.3) is 15.7 Å². The molecule has 11 heteroatoms. The lowest BCUT2D eigenvalue weighted by Gasteiger charge is -2.07. The van der Waals surface area contributed by atoms with Crippen LogP contribution in [0.3, 0.4) is 0 Å². The Hall–Kier alpha value is -0.870. The Labute approximate surface area is 142 Å². The van der Waals surface area contributed by atoms with E-state index in [1.165, 1.54) is 12.1 Å². The van der Waals surface area contributed by atoms with Crippen molar-refractivity contribution in [1.29, 1.82) is 0 Å². The van der Waals surface area contributed by atoms with Gasteiger partial charge in [0, 0.05) is 12.1 Å². The number of thiophene rings is 1. The van der Waals surface area contributed by atoms with Crippen LogP contribution in [0.25, 0.3) is 0 Å². The van der Waals surface area contributed by atoms with E-state index in [0.717, 1.165) is 23.5 Å². The third-order valence-corrected chi connectivity index (χ3v) is 6.92. The summed E-state index contributed by atoms with van der Waals surface area (Å²) in [5.41, 5.74) is -0.187. The molecule has 0 saturated carbocycles. The summed E-state index contributed by atoms with van der Waals surface area (Å²) in [5.74, 6) is 0. The number of halogens is 3. The molecule has 0 amide bonds. The average molecular weight is 432 g/mol. The Balaban J connectivity index is 2.35. The summed E-state index contributed by atoms with van der Waals surface area (Å²) in [5, 5.41) is 10.8. The maximum Gasteiger partial charge on any atom is 0.271 e. The van der Waals surface area contributed by atoms with Gasteiger partial charge in [-0.05, 0) is 28.1 Å². The van der Waals surface area contributed by atoms with Gasteiger partial charge in [-0.3, -0.25) is 14.8 Å². The second-order valence-electron chi connectivity index (χ2n) is 3.71. The number of hydrogen-bond acceptors (Lipinski definition) is 5. The van der Waals surface area contributed by atoms with Gasteiger partial charge < -0.3 is 0 Å². The number of rotatable bonds is 4. The van der Waals surface area contributed by atoms with Crippen molar-refractivity contribution in [2.24, 2.45) is 0 Å².